The second-order valence-corrected chi connectivity index (χ2v) is 4.90. The summed E-state index contributed by atoms with van der Waals surface area (Å²) in [6, 6.07) is 6.59. The fraction of sp³-hybridized carbons (Fsp3) is 0.500. The Morgan fingerprint density at radius 2 is 1.95 bits per heavy atom. The SMILES string of the molecule is CCC(NCCN(C)C)(C(N)=O)c1ccc(O)cc1. The standard InChI is InChI=1S/C14H23N3O2/c1-4-14(13(15)19,16-9-10-17(2)3)11-5-7-12(18)8-6-11/h5-8,16,18H,4,9-10H2,1-3H3,(H2,15,19). The lowest BCUT2D eigenvalue weighted by Crippen LogP contribution is -2.53. The molecule has 0 aromatic heterocycles. The van der Waals surface area contributed by atoms with Crippen molar-refractivity contribution in [2.75, 3.05) is 27.2 Å². The molecule has 1 rings (SSSR count). The van der Waals surface area contributed by atoms with E-state index in [4.69, 9.17) is 5.73 Å². The Hall–Kier alpha value is -1.59. The van der Waals surface area contributed by atoms with Crippen molar-refractivity contribution in [3.63, 3.8) is 0 Å². The number of nitrogens with one attached hydrogen (secondary N) is 1. The third-order valence-electron chi connectivity index (χ3n) is 3.30. The maximum atomic E-state index is 11.9. The van der Waals surface area contributed by atoms with Gasteiger partial charge in [0.2, 0.25) is 5.91 Å². The zero-order valence-electron chi connectivity index (χ0n) is 11.8. The van der Waals surface area contributed by atoms with Crippen molar-refractivity contribution in [1.82, 2.24) is 10.2 Å². The van der Waals surface area contributed by atoms with Gasteiger partial charge in [-0.1, -0.05) is 19.1 Å². The number of nitrogens with zero attached hydrogens (tertiary/aromatic N) is 1. The van der Waals surface area contributed by atoms with Gasteiger partial charge in [0, 0.05) is 13.1 Å². The van der Waals surface area contributed by atoms with Crippen LogP contribution in [0, 0.1) is 0 Å². The number of amides is 1. The Morgan fingerprint density at radius 1 is 1.37 bits per heavy atom. The number of likely N-dealkylation sites (N-methyl/N-ethyl adjacent to an activating group) is 1. The van der Waals surface area contributed by atoms with Gasteiger partial charge >= 0.3 is 0 Å². The largest absolute Gasteiger partial charge is 0.508 e. The number of carbonyl (C=O) groups excluding carboxylic acids is 1. The predicted octanol–water partition coefficient (Wildman–Crippen LogP) is 0.634. The molecule has 0 radical (unpaired) electrons. The first kappa shape index (κ1) is 15.5. The van der Waals surface area contributed by atoms with Gasteiger partial charge in [0.05, 0.1) is 0 Å². The smallest absolute Gasteiger partial charge is 0.242 e. The van der Waals surface area contributed by atoms with Gasteiger partial charge < -0.3 is 15.7 Å². The van der Waals surface area contributed by atoms with Gasteiger partial charge in [0.1, 0.15) is 11.3 Å². The molecule has 0 aliphatic rings. The Morgan fingerprint density at radius 3 is 2.37 bits per heavy atom. The van der Waals surface area contributed by atoms with Crippen LogP contribution in [-0.4, -0.2) is 43.1 Å². The summed E-state index contributed by atoms with van der Waals surface area (Å²) < 4.78 is 0. The molecule has 5 nitrogen and oxygen atoms in total. The molecule has 4 N–H and O–H groups in total. The number of carbonyl (C=O) groups is 1. The van der Waals surface area contributed by atoms with E-state index in [1.807, 2.05) is 25.9 Å². The Kier molecular flexibility index (Phi) is 5.32. The molecular formula is C14H23N3O2. The van der Waals surface area contributed by atoms with Crippen molar-refractivity contribution in [2.45, 2.75) is 18.9 Å². The fourth-order valence-electron chi connectivity index (χ4n) is 2.07. The number of aromatic hydroxyl groups is 1. The minimum Gasteiger partial charge on any atom is -0.508 e. The molecule has 0 spiro atoms. The summed E-state index contributed by atoms with van der Waals surface area (Å²) in [5.74, 6) is -0.231. The maximum absolute atomic E-state index is 11.9. The number of rotatable bonds is 7. The highest BCUT2D eigenvalue weighted by molar-refractivity contribution is 5.86. The molecule has 106 valence electrons. The summed E-state index contributed by atoms with van der Waals surface area (Å²) in [5.41, 5.74) is 5.48. The first-order valence-corrected chi connectivity index (χ1v) is 6.41. The first-order chi connectivity index (χ1) is 8.92. The van der Waals surface area contributed by atoms with Gasteiger partial charge in [-0.3, -0.25) is 10.1 Å². The van der Waals surface area contributed by atoms with Gasteiger partial charge in [-0.2, -0.15) is 0 Å². The van der Waals surface area contributed by atoms with Gasteiger partial charge in [-0.25, -0.2) is 0 Å². The molecule has 0 aliphatic carbocycles. The molecule has 19 heavy (non-hydrogen) atoms. The first-order valence-electron chi connectivity index (χ1n) is 6.41. The molecule has 0 fully saturated rings. The number of hydrogen-bond donors (Lipinski definition) is 3. The lowest BCUT2D eigenvalue weighted by molar-refractivity contribution is -0.125. The number of phenols is 1. The lowest BCUT2D eigenvalue weighted by Gasteiger charge is -2.32. The summed E-state index contributed by atoms with van der Waals surface area (Å²) in [4.78, 5) is 13.9. The van der Waals surface area contributed by atoms with Crippen LogP contribution >= 0.6 is 0 Å². The van der Waals surface area contributed by atoms with Crippen LogP contribution in [0.3, 0.4) is 0 Å². The Bertz CT molecular complexity index is 417. The molecule has 1 aromatic carbocycles. The quantitative estimate of drug-likeness (QED) is 0.676. The molecular weight excluding hydrogens is 242 g/mol. The van der Waals surface area contributed by atoms with E-state index in [1.54, 1.807) is 24.3 Å². The van der Waals surface area contributed by atoms with Crippen LogP contribution < -0.4 is 11.1 Å². The van der Waals surface area contributed by atoms with E-state index in [1.165, 1.54) is 0 Å². The highest BCUT2D eigenvalue weighted by atomic mass is 16.3. The summed E-state index contributed by atoms with van der Waals surface area (Å²) in [5, 5.41) is 12.6. The number of nitrogens with two attached hydrogens (primary N) is 1. The van der Waals surface area contributed by atoms with Gasteiger partial charge in [-0.15, -0.1) is 0 Å². The summed E-state index contributed by atoms with van der Waals surface area (Å²) in [6.45, 7) is 3.39. The van der Waals surface area contributed by atoms with E-state index in [2.05, 4.69) is 5.32 Å². The molecule has 1 aromatic rings. The topological polar surface area (TPSA) is 78.6 Å². The number of hydrogen-bond acceptors (Lipinski definition) is 4. The van der Waals surface area contributed by atoms with Crippen LogP contribution in [0.25, 0.3) is 0 Å². The third-order valence-corrected chi connectivity index (χ3v) is 3.30. The molecule has 1 atom stereocenters. The minimum atomic E-state index is -0.885. The van der Waals surface area contributed by atoms with Crippen LogP contribution in [0.15, 0.2) is 24.3 Å². The number of benzene rings is 1. The van der Waals surface area contributed by atoms with Crippen molar-refractivity contribution in [3.8, 4) is 5.75 Å². The lowest BCUT2D eigenvalue weighted by atomic mass is 9.86. The van der Waals surface area contributed by atoms with E-state index in [-0.39, 0.29) is 5.75 Å². The maximum Gasteiger partial charge on any atom is 0.242 e. The fourth-order valence-corrected chi connectivity index (χ4v) is 2.07. The highest BCUT2D eigenvalue weighted by Gasteiger charge is 2.36. The van der Waals surface area contributed by atoms with Crippen molar-refractivity contribution >= 4 is 5.91 Å². The van der Waals surface area contributed by atoms with Crippen molar-refractivity contribution in [2.24, 2.45) is 5.73 Å². The van der Waals surface area contributed by atoms with Crippen molar-refractivity contribution < 1.29 is 9.90 Å². The Labute approximate surface area is 114 Å². The monoisotopic (exact) mass is 265 g/mol. The molecule has 0 aliphatic heterocycles. The van der Waals surface area contributed by atoms with Crippen LogP contribution in [0.4, 0.5) is 0 Å². The van der Waals surface area contributed by atoms with Crippen LogP contribution in [0.1, 0.15) is 18.9 Å². The van der Waals surface area contributed by atoms with Crippen LogP contribution in [0.5, 0.6) is 5.75 Å². The average molecular weight is 265 g/mol. The van der Waals surface area contributed by atoms with Gasteiger partial charge in [0.15, 0.2) is 0 Å². The third kappa shape index (κ3) is 3.68. The van der Waals surface area contributed by atoms with Crippen LogP contribution in [-0.2, 0) is 10.3 Å². The number of phenolic OH excluding ortho intramolecular Hbond substituents is 1. The van der Waals surface area contributed by atoms with E-state index in [9.17, 15) is 9.90 Å². The average Bonchev–Trinajstić information content (AvgIpc) is 2.35. The second kappa shape index (κ2) is 6.54. The zero-order valence-corrected chi connectivity index (χ0v) is 11.8. The summed E-state index contributed by atoms with van der Waals surface area (Å²) >= 11 is 0. The Balaban J connectivity index is 2.98. The predicted molar refractivity (Wildman–Crippen MR) is 75.8 cm³/mol. The van der Waals surface area contributed by atoms with E-state index in [0.717, 1.165) is 12.1 Å². The summed E-state index contributed by atoms with van der Waals surface area (Å²) in [7, 11) is 3.94. The van der Waals surface area contributed by atoms with Gasteiger partial charge in [-0.05, 0) is 38.2 Å². The van der Waals surface area contributed by atoms with Crippen LogP contribution in [0.2, 0.25) is 0 Å². The molecule has 0 heterocycles. The number of primary amides is 1. The van der Waals surface area contributed by atoms with E-state index >= 15 is 0 Å². The molecule has 1 amide bonds. The molecule has 5 heteroatoms. The molecule has 1 unspecified atom stereocenters. The highest BCUT2D eigenvalue weighted by Crippen LogP contribution is 2.26. The zero-order chi connectivity index (χ0) is 14.5. The van der Waals surface area contributed by atoms with Gasteiger partial charge in [0.25, 0.3) is 0 Å². The normalized spacial score (nSPS) is 14.3. The molecule has 0 saturated heterocycles. The van der Waals surface area contributed by atoms with Crippen molar-refractivity contribution in [1.29, 1.82) is 0 Å². The molecule has 0 saturated carbocycles. The van der Waals surface area contributed by atoms with E-state index < -0.39 is 11.4 Å². The van der Waals surface area contributed by atoms with Crippen molar-refractivity contribution in [3.05, 3.63) is 29.8 Å². The molecule has 0 bridgehead atoms. The summed E-state index contributed by atoms with van der Waals surface area (Å²) in [6.07, 6.45) is 0.556. The minimum absolute atomic E-state index is 0.173. The van der Waals surface area contributed by atoms with E-state index in [0.29, 0.717) is 13.0 Å². The second-order valence-electron chi connectivity index (χ2n) is 4.90.